The third-order valence-corrected chi connectivity index (χ3v) is 3.19. The van der Waals surface area contributed by atoms with Crippen LogP contribution in [0.2, 0.25) is 0 Å². The van der Waals surface area contributed by atoms with Gasteiger partial charge in [0, 0.05) is 10.9 Å². The fraction of sp³-hybridized carbons (Fsp3) is 0.300. The maximum Gasteiger partial charge on any atom is 0.338 e. The first-order valence-electron chi connectivity index (χ1n) is 4.71. The van der Waals surface area contributed by atoms with Crippen LogP contribution in [0.25, 0.3) is 0 Å². The number of nitrogens with zero attached hydrogens (tertiary/aromatic N) is 1. The van der Waals surface area contributed by atoms with Crippen molar-refractivity contribution in [2.45, 2.75) is 12.3 Å². The predicted molar refractivity (Wildman–Crippen MR) is 69.4 cm³/mol. The van der Waals surface area contributed by atoms with E-state index in [-0.39, 0.29) is 22.1 Å². The number of alkyl halides is 1. The molecule has 0 saturated heterocycles. The van der Waals surface area contributed by atoms with E-state index >= 15 is 0 Å². The van der Waals surface area contributed by atoms with Crippen molar-refractivity contribution in [3.05, 3.63) is 37.8 Å². The normalized spacial score (nSPS) is 10.1. The van der Waals surface area contributed by atoms with Crippen LogP contribution in [0.15, 0.2) is 16.6 Å². The maximum atomic E-state index is 11.5. The first-order chi connectivity index (χ1) is 8.01. The minimum atomic E-state index is -0.495. The van der Waals surface area contributed by atoms with Gasteiger partial charge in [0.15, 0.2) is 0 Å². The minimum absolute atomic E-state index is 0.0464. The van der Waals surface area contributed by atoms with Crippen molar-refractivity contribution >= 4 is 43.5 Å². The van der Waals surface area contributed by atoms with Gasteiger partial charge in [0.2, 0.25) is 0 Å². The van der Waals surface area contributed by atoms with Gasteiger partial charge >= 0.3 is 5.97 Å². The maximum absolute atomic E-state index is 11.5. The molecule has 0 amide bonds. The van der Waals surface area contributed by atoms with Crippen LogP contribution < -0.4 is 0 Å². The Labute approximate surface area is 115 Å². The number of esters is 1. The molecule has 17 heavy (non-hydrogen) atoms. The first kappa shape index (κ1) is 14.1. The average molecular weight is 367 g/mol. The monoisotopic (exact) mass is 365 g/mol. The van der Waals surface area contributed by atoms with Gasteiger partial charge in [-0.2, -0.15) is 0 Å². The summed E-state index contributed by atoms with van der Waals surface area (Å²) in [7, 11) is 0. The molecule has 0 saturated carbocycles. The van der Waals surface area contributed by atoms with Crippen LogP contribution in [-0.4, -0.2) is 17.5 Å². The third kappa shape index (κ3) is 3.26. The average Bonchev–Trinajstić information content (AvgIpc) is 2.27. The molecule has 0 spiro atoms. The van der Waals surface area contributed by atoms with Crippen molar-refractivity contribution in [1.29, 1.82) is 0 Å². The lowest BCUT2D eigenvalue weighted by molar-refractivity contribution is -0.386. The molecule has 0 aliphatic carbocycles. The number of nitro benzene ring substituents is 1. The zero-order valence-electron chi connectivity index (χ0n) is 8.91. The van der Waals surface area contributed by atoms with E-state index < -0.39 is 10.9 Å². The molecule has 0 atom stereocenters. The standard InChI is InChI=1S/C10H9Br2NO4/c1-2-17-10(14)6-3-7(5-11)9(13(15)16)8(12)4-6/h3-4H,2,5H2,1H3. The summed E-state index contributed by atoms with van der Waals surface area (Å²) < 4.78 is 5.10. The summed E-state index contributed by atoms with van der Waals surface area (Å²) in [6.45, 7) is 1.96. The predicted octanol–water partition coefficient (Wildman–Crippen LogP) is 3.43. The number of carbonyl (C=O) groups excluding carboxylic acids is 1. The SMILES string of the molecule is CCOC(=O)c1cc(Br)c([N+](=O)[O-])c(CBr)c1. The molecule has 7 heteroatoms. The van der Waals surface area contributed by atoms with Crippen molar-refractivity contribution in [2.75, 3.05) is 6.61 Å². The third-order valence-electron chi connectivity index (χ3n) is 1.98. The highest BCUT2D eigenvalue weighted by Crippen LogP contribution is 2.32. The van der Waals surface area contributed by atoms with Gasteiger partial charge in [-0.15, -0.1) is 0 Å². The summed E-state index contributed by atoms with van der Waals surface area (Å²) in [6.07, 6.45) is 0. The van der Waals surface area contributed by atoms with E-state index in [2.05, 4.69) is 31.9 Å². The molecule has 0 fully saturated rings. The van der Waals surface area contributed by atoms with Crippen LogP contribution in [0, 0.1) is 10.1 Å². The van der Waals surface area contributed by atoms with E-state index in [1.165, 1.54) is 12.1 Å². The van der Waals surface area contributed by atoms with E-state index in [9.17, 15) is 14.9 Å². The second-order valence-corrected chi connectivity index (χ2v) is 4.49. The fourth-order valence-corrected chi connectivity index (χ4v) is 2.37. The van der Waals surface area contributed by atoms with Crippen LogP contribution in [0.5, 0.6) is 0 Å². The van der Waals surface area contributed by atoms with E-state index in [1.807, 2.05) is 0 Å². The summed E-state index contributed by atoms with van der Waals surface area (Å²) >= 11 is 6.24. The first-order valence-corrected chi connectivity index (χ1v) is 6.62. The highest BCUT2D eigenvalue weighted by Gasteiger charge is 2.21. The van der Waals surface area contributed by atoms with Crippen LogP contribution >= 0.6 is 31.9 Å². The van der Waals surface area contributed by atoms with E-state index in [4.69, 9.17) is 4.74 Å². The van der Waals surface area contributed by atoms with Gasteiger partial charge in [0.1, 0.15) is 0 Å². The van der Waals surface area contributed by atoms with E-state index in [0.29, 0.717) is 11.1 Å². The Bertz CT molecular complexity index is 462. The minimum Gasteiger partial charge on any atom is -0.462 e. The lowest BCUT2D eigenvalue weighted by Gasteiger charge is -2.06. The number of ether oxygens (including phenoxy) is 1. The van der Waals surface area contributed by atoms with Gasteiger partial charge in [0.25, 0.3) is 5.69 Å². The van der Waals surface area contributed by atoms with E-state index in [0.717, 1.165) is 0 Å². The molecule has 0 radical (unpaired) electrons. The summed E-state index contributed by atoms with van der Waals surface area (Å²) in [5.74, 6) is -0.495. The number of rotatable bonds is 4. The number of nitro groups is 1. The van der Waals surface area contributed by atoms with E-state index in [1.54, 1.807) is 6.92 Å². The van der Waals surface area contributed by atoms with Crippen molar-refractivity contribution in [3.8, 4) is 0 Å². The van der Waals surface area contributed by atoms with Gasteiger partial charge in [-0.05, 0) is 35.0 Å². The smallest absolute Gasteiger partial charge is 0.338 e. The highest BCUT2D eigenvalue weighted by molar-refractivity contribution is 9.10. The molecule has 0 N–H and O–H groups in total. The molecule has 0 bridgehead atoms. The molecule has 1 rings (SSSR count). The summed E-state index contributed by atoms with van der Waals surface area (Å²) in [5, 5.41) is 11.1. The Hall–Kier alpha value is -0.950. The Balaban J connectivity index is 3.27. The lowest BCUT2D eigenvalue weighted by Crippen LogP contribution is -2.06. The molecule has 1 aromatic rings. The Morgan fingerprint density at radius 1 is 1.53 bits per heavy atom. The van der Waals surface area contributed by atoms with Crippen LogP contribution in [0.4, 0.5) is 5.69 Å². The second kappa shape index (κ2) is 6.11. The van der Waals surface area contributed by atoms with Gasteiger partial charge in [-0.1, -0.05) is 15.9 Å². The van der Waals surface area contributed by atoms with Crippen molar-refractivity contribution in [2.24, 2.45) is 0 Å². The van der Waals surface area contributed by atoms with Crippen molar-refractivity contribution in [1.82, 2.24) is 0 Å². The molecule has 1 aromatic carbocycles. The van der Waals surface area contributed by atoms with Gasteiger partial charge < -0.3 is 4.74 Å². The van der Waals surface area contributed by atoms with Crippen LogP contribution in [0.1, 0.15) is 22.8 Å². The number of halogens is 2. The molecule has 5 nitrogen and oxygen atoms in total. The number of hydrogen-bond acceptors (Lipinski definition) is 4. The largest absolute Gasteiger partial charge is 0.462 e. The highest BCUT2D eigenvalue weighted by atomic mass is 79.9. The van der Waals surface area contributed by atoms with Gasteiger partial charge in [-0.25, -0.2) is 4.79 Å². The van der Waals surface area contributed by atoms with Crippen molar-refractivity contribution in [3.63, 3.8) is 0 Å². The Morgan fingerprint density at radius 3 is 2.65 bits per heavy atom. The quantitative estimate of drug-likeness (QED) is 0.354. The molecule has 0 aliphatic heterocycles. The number of hydrogen-bond donors (Lipinski definition) is 0. The molecule has 0 aromatic heterocycles. The number of carbonyl (C=O) groups is 1. The molecular weight excluding hydrogens is 358 g/mol. The second-order valence-electron chi connectivity index (χ2n) is 3.08. The molecule has 0 unspecified atom stereocenters. The molecule has 0 heterocycles. The zero-order valence-corrected chi connectivity index (χ0v) is 12.1. The Kier molecular flexibility index (Phi) is 5.07. The van der Waals surface area contributed by atoms with Gasteiger partial charge in [-0.3, -0.25) is 10.1 Å². The van der Waals surface area contributed by atoms with Gasteiger partial charge in [0.05, 0.1) is 21.6 Å². The fourth-order valence-electron chi connectivity index (χ4n) is 1.29. The van der Waals surface area contributed by atoms with Crippen molar-refractivity contribution < 1.29 is 14.5 Å². The van der Waals surface area contributed by atoms with Crippen LogP contribution in [0.3, 0.4) is 0 Å². The zero-order chi connectivity index (χ0) is 13.0. The summed E-state index contributed by atoms with van der Waals surface area (Å²) in [4.78, 5) is 21.9. The lowest BCUT2D eigenvalue weighted by atomic mass is 10.1. The molecular formula is C10H9Br2NO4. The summed E-state index contributed by atoms with van der Waals surface area (Å²) in [5.41, 5.74) is 0.668. The number of benzene rings is 1. The summed E-state index contributed by atoms with van der Waals surface area (Å²) in [6, 6.07) is 2.85. The topological polar surface area (TPSA) is 69.4 Å². The van der Waals surface area contributed by atoms with Crippen LogP contribution in [-0.2, 0) is 10.1 Å². The Morgan fingerprint density at radius 2 is 2.18 bits per heavy atom. The molecule has 0 aliphatic rings. The molecule has 92 valence electrons.